The van der Waals surface area contributed by atoms with Crippen LogP contribution in [0, 0.1) is 6.92 Å². The van der Waals surface area contributed by atoms with Crippen LogP contribution >= 0.6 is 0 Å². The highest BCUT2D eigenvalue weighted by atomic mass is 16.3. The molecule has 4 aromatic rings. The predicted molar refractivity (Wildman–Crippen MR) is 117 cm³/mol. The number of phenolic OH excluding ortho intramolecular Hbond substituents is 1. The summed E-state index contributed by atoms with van der Waals surface area (Å²) in [6.45, 7) is 6.44. The van der Waals surface area contributed by atoms with E-state index in [1.807, 2.05) is 24.4 Å². The number of phenols is 1. The van der Waals surface area contributed by atoms with Crippen LogP contribution in [0.5, 0.6) is 5.75 Å². The van der Waals surface area contributed by atoms with Crippen molar-refractivity contribution in [2.45, 2.75) is 26.2 Å². The molecule has 0 spiro atoms. The Hall–Kier alpha value is -3.46. The molecule has 0 unspecified atom stereocenters. The molecule has 0 saturated heterocycles. The van der Waals surface area contributed by atoms with E-state index in [9.17, 15) is 5.11 Å². The molecular weight excluding hydrogens is 356 g/mol. The van der Waals surface area contributed by atoms with Gasteiger partial charge in [0.05, 0.1) is 17.1 Å². The lowest BCUT2D eigenvalue weighted by Gasteiger charge is -2.21. The van der Waals surface area contributed by atoms with Gasteiger partial charge in [0.25, 0.3) is 0 Å². The summed E-state index contributed by atoms with van der Waals surface area (Å²) in [6.07, 6.45) is 1.84. The van der Waals surface area contributed by atoms with Gasteiger partial charge in [0.1, 0.15) is 5.75 Å². The Morgan fingerprint density at radius 2 is 1.55 bits per heavy atom. The monoisotopic (exact) mass is 378 g/mol. The molecule has 0 radical (unpaired) electrons. The number of hydrogen-bond donors (Lipinski definition) is 1. The van der Waals surface area contributed by atoms with E-state index in [1.165, 1.54) is 5.56 Å². The van der Waals surface area contributed by atoms with E-state index in [2.05, 4.69) is 68.2 Å². The van der Waals surface area contributed by atoms with E-state index in [-0.39, 0.29) is 11.2 Å². The Morgan fingerprint density at radius 3 is 2.34 bits per heavy atom. The van der Waals surface area contributed by atoms with Crippen molar-refractivity contribution in [1.82, 2.24) is 9.97 Å². The standard InChI is InChI=1S/C26H22N2O/c1-16-12-13-27-22(14-16)18-7-4-6-17(15-18)21-11-10-20-25(28-21)24-19(26(20,2)3)8-5-9-23(24)29/h4-15,29H,1-3H3. The zero-order chi connectivity index (χ0) is 20.2. The van der Waals surface area contributed by atoms with Gasteiger partial charge in [-0.3, -0.25) is 4.98 Å². The minimum atomic E-state index is -0.178. The highest BCUT2D eigenvalue weighted by molar-refractivity contribution is 5.84. The van der Waals surface area contributed by atoms with Gasteiger partial charge in [-0.15, -0.1) is 0 Å². The van der Waals surface area contributed by atoms with E-state index in [0.717, 1.165) is 44.9 Å². The van der Waals surface area contributed by atoms with E-state index >= 15 is 0 Å². The quantitative estimate of drug-likeness (QED) is 0.456. The van der Waals surface area contributed by atoms with Crippen LogP contribution in [0.2, 0.25) is 0 Å². The van der Waals surface area contributed by atoms with Crippen LogP contribution in [0.25, 0.3) is 33.8 Å². The number of nitrogens with zero attached hydrogens (tertiary/aromatic N) is 2. The lowest BCUT2D eigenvalue weighted by molar-refractivity contribution is 0.476. The number of fused-ring (bicyclic) bond motifs is 3. The van der Waals surface area contributed by atoms with E-state index in [1.54, 1.807) is 6.07 Å². The van der Waals surface area contributed by atoms with Gasteiger partial charge in [0, 0.05) is 28.3 Å². The van der Waals surface area contributed by atoms with Crippen molar-refractivity contribution in [1.29, 1.82) is 0 Å². The average Bonchev–Trinajstić information content (AvgIpc) is 2.96. The molecule has 1 N–H and O–H groups in total. The maximum atomic E-state index is 10.5. The van der Waals surface area contributed by atoms with Gasteiger partial charge in [0.15, 0.2) is 0 Å². The second-order valence-corrected chi connectivity index (χ2v) is 8.22. The molecular formula is C26H22N2O. The highest BCUT2D eigenvalue weighted by Crippen LogP contribution is 2.51. The van der Waals surface area contributed by atoms with Crippen LogP contribution in [0.3, 0.4) is 0 Å². The van der Waals surface area contributed by atoms with Crippen molar-refractivity contribution in [3.8, 4) is 39.5 Å². The summed E-state index contributed by atoms with van der Waals surface area (Å²) in [5, 5.41) is 10.5. The Morgan fingerprint density at radius 1 is 0.793 bits per heavy atom. The van der Waals surface area contributed by atoms with Crippen molar-refractivity contribution in [3.05, 3.63) is 89.6 Å². The SMILES string of the molecule is Cc1ccnc(-c2cccc(-c3ccc4c(n3)-c3c(O)cccc3C4(C)C)c2)c1. The summed E-state index contributed by atoms with van der Waals surface area (Å²) in [5.41, 5.74) is 8.96. The molecule has 2 heterocycles. The van der Waals surface area contributed by atoms with Gasteiger partial charge < -0.3 is 5.11 Å². The van der Waals surface area contributed by atoms with Crippen LogP contribution in [0.1, 0.15) is 30.5 Å². The molecule has 0 saturated carbocycles. The van der Waals surface area contributed by atoms with E-state index in [4.69, 9.17) is 4.98 Å². The van der Waals surface area contributed by atoms with Gasteiger partial charge in [-0.1, -0.05) is 50.2 Å². The maximum Gasteiger partial charge on any atom is 0.125 e. The van der Waals surface area contributed by atoms with Crippen molar-refractivity contribution in [2.75, 3.05) is 0 Å². The lowest BCUT2D eigenvalue weighted by Crippen LogP contribution is -2.14. The second kappa shape index (κ2) is 6.28. The molecule has 1 aliphatic rings. The number of benzene rings is 2. The molecule has 0 bridgehead atoms. The second-order valence-electron chi connectivity index (χ2n) is 8.22. The third-order valence-electron chi connectivity index (χ3n) is 5.89. The normalized spacial score (nSPS) is 13.8. The summed E-state index contributed by atoms with van der Waals surface area (Å²) in [6, 6.07) is 22.3. The largest absolute Gasteiger partial charge is 0.507 e. The molecule has 1 aliphatic carbocycles. The zero-order valence-corrected chi connectivity index (χ0v) is 16.8. The van der Waals surface area contributed by atoms with Crippen LogP contribution in [0.4, 0.5) is 0 Å². The number of hydrogen-bond acceptors (Lipinski definition) is 3. The molecule has 0 atom stereocenters. The Balaban J connectivity index is 1.65. The van der Waals surface area contributed by atoms with Crippen LogP contribution in [0.15, 0.2) is 72.9 Å². The van der Waals surface area contributed by atoms with Crippen LogP contribution < -0.4 is 0 Å². The first kappa shape index (κ1) is 17.6. The fourth-order valence-electron chi connectivity index (χ4n) is 4.30. The lowest BCUT2D eigenvalue weighted by atomic mass is 9.82. The first-order valence-electron chi connectivity index (χ1n) is 9.83. The number of pyridine rings is 2. The molecule has 142 valence electrons. The molecule has 2 aromatic heterocycles. The smallest absolute Gasteiger partial charge is 0.125 e. The Kier molecular flexibility index (Phi) is 3.82. The first-order chi connectivity index (χ1) is 13.9. The minimum Gasteiger partial charge on any atom is -0.507 e. The van der Waals surface area contributed by atoms with Crippen molar-refractivity contribution >= 4 is 0 Å². The predicted octanol–water partition coefficient (Wildman–Crippen LogP) is 6.13. The number of aromatic nitrogens is 2. The minimum absolute atomic E-state index is 0.178. The molecule has 29 heavy (non-hydrogen) atoms. The molecule has 3 nitrogen and oxygen atoms in total. The van der Waals surface area contributed by atoms with Gasteiger partial charge in [0.2, 0.25) is 0 Å². The molecule has 0 fully saturated rings. The molecule has 3 heteroatoms. The number of aryl methyl sites for hydroxylation is 1. The highest BCUT2D eigenvalue weighted by Gasteiger charge is 2.38. The number of rotatable bonds is 2. The Bertz CT molecular complexity index is 1260. The average molecular weight is 378 g/mol. The Labute approximate surface area is 170 Å². The van der Waals surface area contributed by atoms with Crippen LogP contribution in [-0.2, 0) is 5.41 Å². The number of aromatic hydroxyl groups is 1. The summed E-state index contributed by atoms with van der Waals surface area (Å²) >= 11 is 0. The molecule has 5 rings (SSSR count). The summed E-state index contributed by atoms with van der Waals surface area (Å²) in [7, 11) is 0. The summed E-state index contributed by atoms with van der Waals surface area (Å²) in [5.74, 6) is 0.289. The van der Waals surface area contributed by atoms with Crippen LogP contribution in [-0.4, -0.2) is 15.1 Å². The van der Waals surface area contributed by atoms with Crippen molar-refractivity contribution < 1.29 is 5.11 Å². The van der Waals surface area contributed by atoms with Gasteiger partial charge in [-0.25, -0.2) is 4.98 Å². The van der Waals surface area contributed by atoms with Gasteiger partial charge >= 0.3 is 0 Å². The fraction of sp³-hybridized carbons (Fsp3) is 0.154. The summed E-state index contributed by atoms with van der Waals surface area (Å²) < 4.78 is 0. The van der Waals surface area contributed by atoms with Gasteiger partial charge in [-0.05, 0) is 53.9 Å². The first-order valence-corrected chi connectivity index (χ1v) is 9.83. The van der Waals surface area contributed by atoms with E-state index < -0.39 is 0 Å². The summed E-state index contributed by atoms with van der Waals surface area (Å²) in [4.78, 5) is 9.50. The zero-order valence-electron chi connectivity index (χ0n) is 16.8. The van der Waals surface area contributed by atoms with E-state index in [0.29, 0.717) is 0 Å². The van der Waals surface area contributed by atoms with Gasteiger partial charge in [-0.2, -0.15) is 0 Å². The van der Waals surface area contributed by atoms with Crippen molar-refractivity contribution in [2.24, 2.45) is 0 Å². The molecule has 0 aliphatic heterocycles. The van der Waals surface area contributed by atoms with Crippen molar-refractivity contribution in [3.63, 3.8) is 0 Å². The maximum absolute atomic E-state index is 10.5. The molecule has 0 amide bonds. The topological polar surface area (TPSA) is 46.0 Å². The third-order valence-corrected chi connectivity index (χ3v) is 5.89. The molecule has 2 aromatic carbocycles. The fourth-order valence-corrected chi connectivity index (χ4v) is 4.30. The third kappa shape index (κ3) is 2.73.